The van der Waals surface area contributed by atoms with E-state index in [1.807, 2.05) is 12.1 Å². The number of nitrogens with zero attached hydrogens (tertiary/aromatic N) is 1. The van der Waals surface area contributed by atoms with Gasteiger partial charge in [-0.2, -0.15) is 0 Å². The van der Waals surface area contributed by atoms with Gasteiger partial charge in [0, 0.05) is 17.3 Å². The maximum atomic E-state index is 10.5. The van der Waals surface area contributed by atoms with E-state index in [4.69, 9.17) is 11.6 Å². The van der Waals surface area contributed by atoms with E-state index in [1.165, 1.54) is 0 Å². The summed E-state index contributed by atoms with van der Waals surface area (Å²) in [7, 11) is 0. The van der Waals surface area contributed by atoms with Crippen molar-refractivity contribution in [1.29, 1.82) is 0 Å². The third-order valence-corrected chi connectivity index (χ3v) is 2.38. The van der Waals surface area contributed by atoms with Gasteiger partial charge in [0.15, 0.2) is 0 Å². The molecule has 0 aliphatic rings. The highest BCUT2D eigenvalue weighted by Crippen LogP contribution is 2.24. The molecule has 74 valence electrons. The molecule has 0 bridgehead atoms. The van der Waals surface area contributed by atoms with Crippen LogP contribution >= 0.6 is 11.6 Å². The Hall–Kier alpha value is -1.67. The molecule has 0 aliphatic heterocycles. The lowest BCUT2D eigenvalue weighted by atomic mass is 10.1. The van der Waals surface area contributed by atoms with Crippen molar-refractivity contribution in [2.24, 2.45) is 0 Å². The maximum absolute atomic E-state index is 10.5. The van der Waals surface area contributed by atoms with Crippen LogP contribution < -0.4 is 0 Å². The quantitative estimate of drug-likeness (QED) is 0.723. The van der Waals surface area contributed by atoms with Gasteiger partial charge in [0.1, 0.15) is 6.29 Å². The van der Waals surface area contributed by atoms with Gasteiger partial charge >= 0.3 is 0 Å². The molecule has 0 fully saturated rings. The molecule has 1 heterocycles. The van der Waals surface area contributed by atoms with E-state index >= 15 is 0 Å². The minimum Gasteiger partial charge on any atom is -0.298 e. The summed E-state index contributed by atoms with van der Waals surface area (Å²) in [6.07, 6.45) is 2.50. The number of halogens is 1. The molecule has 2 nitrogen and oxygen atoms in total. The van der Waals surface area contributed by atoms with E-state index in [1.54, 1.807) is 30.5 Å². The highest BCUT2D eigenvalue weighted by Gasteiger charge is 2.03. The fourth-order valence-electron chi connectivity index (χ4n) is 1.32. The van der Waals surface area contributed by atoms with Gasteiger partial charge in [-0.05, 0) is 12.1 Å². The lowest BCUT2D eigenvalue weighted by Gasteiger charge is -2.02. The second kappa shape index (κ2) is 4.24. The molecule has 1 aromatic carbocycles. The van der Waals surface area contributed by atoms with Gasteiger partial charge in [-0.25, -0.2) is 0 Å². The van der Waals surface area contributed by atoms with Crippen LogP contribution in [0, 0.1) is 0 Å². The van der Waals surface area contributed by atoms with Crippen molar-refractivity contribution in [3.63, 3.8) is 0 Å². The summed E-state index contributed by atoms with van der Waals surface area (Å²) in [6, 6.07) is 10.7. The van der Waals surface area contributed by atoms with E-state index < -0.39 is 0 Å². The SMILES string of the molecule is O=Cc1ccc(-c2ncccc2Cl)cc1. The predicted octanol–water partition coefficient (Wildman–Crippen LogP) is 3.21. The number of carbonyl (C=O) groups is 1. The first-order chi connectivity index (χ1) is 7.31. The number of rotatable bonds is 2. The molecule has 0 atom stereocenters. The van der Waals surface area contributed by atoms with Gasteiger partial charge in [-0.15, -0.1) is 0 Å². The normalized spacial score (nSPS) is 9.93. The zero-order valence-corrected chi connectivity index (χ0v) is 8.61. The minimum absolute atomic E-state index is 0.608. The van der Waals surface area contributed by atoms with Crippen molar-refractivity contribution in [2.45, 2.75) is 0 Å². The molecule has 2 aromatic rings. The third kappa shape index (κ3) is 2.05. The van der Waals surface area contributed by atoms with Crippen LogP contribution in [0.4, 0.5) is 0 Å². The van der Waals surface area contributed by atoms with Crippen molar-refractivity contribution in [1.82, 2.24) is 4.98 Å². The molecule has 15 heavy (non-hydrogen) atoms. The second-order valence-corrected chi connectivity index (χ2v) is 3.48. The first-order valence-corrected chi connectivity index (χ1v) is 4.85. The van der Waals surface area contributed by atoms with Crippen LogP contribution in [0.3, 0.4) is 0 Å². The molecule has 3 heteroatoms. The molecule has 1 aromatic heterocycles. The van der Waals surface area contributed by atoms with Gasteiger partial charge in [-0.3, -0.25) is 9.78 Å². The molecule has 0 saturated heterocycles. The van der Waals surface area contributed by atoms with Crippen LogP contribution in [0.15, 0.2) is 42.6 Å². The van der Waals surface area contributed by atoms with Gasteiger partial charge < -0.3 is 0 Å². The Balaban J connectivity index is 2.46. The van der Waals surface area contributed by atoms with E-state index in [2.05, 4.69) is 4.98 Å². The van der Waals surface area contributed by atoms with Gasteiger partial charge in [0.05, 0.1) is 10.7 Å². The summed E-state index contributed by atoms with van der Waals surface area (Å²) in [5, 5.41) is 0.608. The summed E-state index contributed by atoms with van der Waals surface area (Å²) in [4.78, 5) is 14.7. The summed E-state index contributed by atoms with van der Waals surface area (Å²) in [5.74, 6) is 0. The summed E-state index contributed by atoms with van der Waals surface area (Å²) in [6.45, 7) is 0. The van der Waals surface area contributed by atoms with Crippen LogP contribution in [-0.2, 0) is 0 Å². The first kappa shape index (κ1) is 9.87. The Labute approximate surface area is 92.5 Å². The molecular formula is C12H8ClNO. The molecule has 0 N–H and O–H groups in total. The zero-order valence-electron chi connectivity index (χ0n) is 7.85. The number of hydrogen-bond donors (Lipinski definition) is 0. The Morgan fingerprint density at radius 3 is 2.47 bits per heavy atom. The molecule has 0 saturated carbocycles. The molecule has 0 unspecified atom stereocenters. The molecule has 0 amide bonds. The highest BCUT2D eigenvalue weighted by molar-refractivity contribution is 6.33. The highest BCUT2D eigenvalue weighted by atomic mass is 35.5. The number of pyridine rings is 1. The molecular weight excluding hydrogens is 210 g/mol. The van der Waals surface area contributed by atoms with E-state index in [-0.39, 0.29) is 0 Å². The summed E-state index contributed by atoms with van der Waals surface area (Å²) in [5.41, 5.74) is 2.29. The summed E-state index contributed by atoms with van der Waals surface area (Å²) >= 11 is 6.00. The van der Waals surface area contributed by atoms with Crippen molar-refractivity contribution >= 4 is 17.9 Å². The second-order valence-electron chi connectivity index (χ2n) is 3.07. The standard InChI is InChI=1S/C12H8ClNO/c13-11-2-1-7-14-12(11)10-5-3-9(8-15)4-6-10/h1-8H. The number of hydrogen-bond acceptors (Lipinski definition) is 2. The van der Waals surface area contributed by atoms with Crippen LogP contribution in [0.25, 0.3) is 11.3 Å². The van der Waals surface area contributed by atoms with E-state index in [0.29, 0.717) is 10.6 Å². The van der Waals surface area contributed by atoms with E-state index in [0.717, 1.165) is 17.5 Å². The lowest BCUT2D eigenvalue weighted by Crippen LogP contribution is -1.85. The number of aromatic nitrogens is 1. The van der Waals surface area contributed by atoms with Gasteiger partial charge in [-0.1, -0.05) is 35.9 Å². The Morgan fingerprint density at radius 2 is 1.87 bits per heavy atom. The van der Waals surface area contributed by atoms with Crippen molar-refractivity contribution < 1.29 is 4.79 Å². The molecule has 0 spiro atoms. The fraction of sp³-hybridized carbons (Fsp3) is 0. The zero-order chi connectivity index (χ0) is 10.7. The Kier molecular flexibility index (Phi) is 2.79. The number of carbonyl (C=O) groups excluding carboxylic acids is 1. The van der Waals surface area contributed by atoms with Crippen LogP contribution in [0.2, 0.25) is 5.02 Å². The van der Waals surface area contributed by atoms with Crippen LogP contribution in [-0.4, -0.2) is 11.3 Å². The topological polar surface area (TPSA) is 30.0 Å². The average Bonchev–Trinajstić information content (AvgIpc) is 2.30. The lowest BCUT2D eigenvalue weighted by molar-refractivity contribution is 0.112. The van der Waals surface area contributed by atoms with E-state index in [9.17, 15) is 4.79 Å². The molecule has 0 radical (unpaired) electrons. The smallest absolute Gasteiger partial charge is 0.150 e. The van der Waals surface area contributed by atoms with Crippen molar-refractivity contribution in [3.8, 4) is 11.3 Å². The Morgan fingerprint density at radius 1 is 1.13 bits per heavy atom. The van der Waals surface area contributed by atoms with Gasteiger partial charge in [0.2, 0.25) is 0 Å². The van der Waals surface area contributed by atoms with Crippen molar-refractivity contribution in [2.75, 3.05) is 0 Å². The Bertz CT molecular complexity index is 479. The molecule has 0 aliphatic carbocycles. The average molecular weight is 218 g/mol. The summed E-state index contributed by atoms with van der Waals surface area (Å²) < 4.78 is 0. The molecule has 2 rings (SSSR count). The van der Waals surface area contributed by atoms with Crippen LogP contribution in [0.1, 0.15) is 10.4 Å². The minimum atomic E-state index is 0.608. The number of aldehydes is 1. The predicted molar refractivity (Wildman–Crippen MR) is 60.1 cm³/mol. The number of benzene rings is 1. The monoisotopic (exact) mass is 217 g/mol. The van der Waals surface area contributed by atoms with Gasteiger partial charge in [0.25, 0.3) is 0 Å². The maximum Gasteiger partial charge on any atom is 0.150 e. The van der Waals surface area contributed by atoms with Crippen molar-refractivity contribution in [3.05, 3.63) is 53.2 Å². The fourth-order valence-corrected chi connectivity index (χ4v) is 1.55. The largest absolute Gasteiger partial charge is 0.298 e. The van der Waals surface area contributed by atoms with Crippen LogP contribution in [0.5, 0.6) is 0 Å². The first-order valence-electron chi connectivity index (χ1n) is 4.47. The third-order valence-electron chi connectivity index (χ3n) is 2.08.